The highest BCUT2D eigenvalue weighted by Gasteiger charge is 2.16. The number of carbonyl (C=O) groups is 2. The van der Waals surface area contributed by atoms with E-state index in [0.717, 1.165) is 22.3 Å². The number of nitrogens with zero attached hydrogens (tertiary/aromatic N) is 2. The molecule has 0 aliphatic heterocycles. The van der Waals surface area contributed by atoms with E-state index < -0.39 is 0 Å². The van der Waals surface area contributed by atoms with Gasteiger partial charge in [0.05, 0.1) is 5.69 Å². The van der Waals surface area contributed by atoms with E-state index in [4.69, 9.17) is 0 Å². The summed E-state index contributed by atoms with van der Waals surface area (Å²) in [5.41, 5.74) is 1.90. The molecular formula is C16H24BrN3O2. The van der Waals surface area contributed by atoms with E-state index in [0.29, 0.717) is 13.1 Å². The zero-order valence-electron chi connectivity index (χ0n) is 13.6. The molecule has 0 radical (unpaired) electrons. The average molecular weight is 370 g/mol. The number of likely N-dealkylation sites (N-methyl/N-ethyl adjacent to an activating group) is 1. The van der Waals surface area contributed by atoms with Gasteiger partial charge in [0.1, 0.15) is 0 Å². The normalized spacial score (nSPS) is 10.6. The number of hydrogen-bond donors (Lipinski definition) is 1. The summed E-state index contributed by atoms with van der Waals surface area (Å²) < 4.78 is 0.857. The molecule has 0 unspecified atom stereocenters. The number of amides is 2. The second-order valence-corrected chi connectivity index (χ2v) is 6.38. The topological polar surface area (TPSA) is 52.7 Å². The van der Waals surface area contributed by atoms with Crippen molar-refractivity contribution in [2.45, 2.75) is 20.3 Å². The number of halogens is 1. The second kappa shape index (κ2) is 8.90. The fraction of sp³-hybridized carbons (Fsp3) is 0.500. The highest BCUT2D eigenvalue weighted by molar-refractivity contribution is 9.10. The van der Waals surface area contributed by atoms with Gasteiger partial charge >= 0.3 is 0 Å². The van der Waals surface area contributed by atoms with Gasteiger partial charge in [-0.15, -0.1) is 0 Å². The Morgan fingerprint density at radius 3 is 2.45 bits per heavy atom. The number of aryl methyl sites for hydroxylation is 1. The predicted octanol–water partition coefficient (Wildman–Crippen LogP) is 2.18. The van der Waals surface area contributed by atoms with Crippen LogP contribution < -0.4 is 10.2 Å². The maximum Gasteiger partial charge on any atom is 0.223 e. The molecule has 0 aromatic heterocycles. The molecule has 1 aromatic rings. The van der Waals surface area contributed by atoms with Gasteiger partial charge in [0.25, 0.3) is 0 Å². The third kappa shape index (κ3) is 6.15. The maximum absolute atomic E-state index is 11.9. The van der Waals surface area contributed by atoms with Gasteiger partial charge in [-0.2, -0.15) is 0 Å². The van der Waals surface area contributed by atoms with Crippen molar-refractivity contribution in [1.29, 1.82) is 0 Å². The molecule has 22 heavy (non-hydrogen) atoms. The molecule has 0 heterocycles. The number of carbonyl (C=O) groups excluding carboxylic acids is 2. The summed E-state index contributed by atoms with van der Waals surface area (Å²) in [5, 5.41) is 2.85. The van der Waals surface area contributed by atoms with Gasteiger partial charge in [0.15, 0.2) is 0 Å². The Morgan fingerprint density at radius 1 is 1.23 bits per heavy atom. The molecule has 122 valence electrons. The molecule has 0 fully saturated rings. The summed E-state index contributed by atoms with van der Waals surface area (Å²) in [4.78, 5) is 27.3. The Bertz CT molecular complexity index is 532. The quantitative estimate of drug-likeness (QED) is 0.801. The molecule has 6 heteroatoms. The first-order valence-electron chi connectivity index (χ1n) is 7.27. The molecule has 1 aromatic carbocycles. The summed E-state index contributed by atoms with van der Waals surface area (Å²) in [6.45, 7) is 5.28. The summed E-state index contributed by atoms with van der Waals surface area (Å²) in [6.07, 6.45) is 0.285. The highest BCUT2D eigenvalue weighted by atomic mass is 79.9. The standard InChI is InChI=1S/C16H24BrN3O2/c1-12-5-6-15(14(17)11-12)20(13(2)21)9-7-16(22)18-8-10-19(3)4/h5-6,11H,7-10H2,1-4H3,(H,18,22). The molecule has 0 saturated carbocycles. The molecular weight excluding hydrogens is 346 g/mol. The molecule has 1 rings (SSSR count). The Kier molecular flexibility index (Phi) is 7.55. The monoisotopic (exact) mass is 369 g/mol. The van der Waals surface area contributed by atoms with Crippen molar-refractivity contribution < 1.29 is 9.59 Å². The van der Waals surface area contributed by atoms with Crippen molar-refractivity contribution in [1.82, 2.24) is 10.2 Å². The lowest BCUT2D eigenvalue weighted by Crippen LogP contribution is -2.36. The van der Waals surface area contributed by atoms with Crippen molar-refractivity contribution in [2.75, 3.05) is 38.6 Å². The Labute approximate surface area is 140 Å². The van der Waals surface area contributed by atoms with Crippen molar-refractivity contribution in [3.05, 3.63) is 28.2 Å². The zero-order chi connectivity index (χ0) is 16.7. The molecule has 0 aliphatic carbocycles. The minimum atomic E-state index is -0.0781. The van der Waals surface area contributed by atoms with E-state index in [2.05, 4.69) is 21.2 Å². The van der Waals surface area contributed by atoms with Crippen LogP contribution in [0, 0.1) is 6.92 Å². The second-order valence-electron chi connectivity index (χ2n) is 5.53. The summed E-state index contributed by atoms with van der Waals surface area (Å²) >= 11 is 3.48. The van der Waals surface area contributed by atoms with Crippen LogP contribution in [0.25, 0.3) is 0 Å². The highest BCUT2D eigenvalue weighted by Crippen LogP contribution is 2.27. The molecule has 0 bridgehead atoms. The predicted molar refractivity (Wildman–Crippen MR) is 93.1 cm³/mol. The lowest BCUT2D eigenvalue weighted by Gasteiger charge is -2.22. The smallest absolute Gasteiger partial charge is 0.223 e. The fourth-order valence-corrected chi connectivity index (χ4v) is 2.71. The van der Waals surface area contributed by atoms with Crippen LogP contribution in [0.15, 0.2) is 22.7 Å². The van der Waals surface area contributed by atoms with E-state index in [1.165, 1.54) is 6.92 Å². The van der Waals surface area contributed by atoms with Gasteiger partial charge in [-0.25, -0.2) is 0 Å². The van der Waals surface area contributed by atoms with Crippen molar-refractivity contribution in [3.63, 3.8) is 0 Å². The first-order valence-corrected chi connectivity index (χ1v) is 8.06. The van der Waals surface area contributed by atoms with Crippen LogP contribution in [-0.2, 0) is 9.59 Å². The number of rotatable bonds is 7. The van der Waals surface area contributed by atoms with Gasteiger partial charge in [-0.3, -0.25) is 9.59 Å². The van der Waals surface area contributed by atoms with Crippen LogP contribution in [0.3, 0.4) is 0 Å². The lowest BCUT2D eigenvalue weighted by molar-refractivity contribution is -0.121. The van der Waals surface area contributed by atoms with Crippen LogP contribution in [-0.4, -0.2) is 50.4 Å². The summed E-state index contributed by atoms with van der Waals surface area (Å²) in [7, 11) is 3.91. The summed E-state index contributed by atoms with van der Waals surface area (Å²) in [6, 6.07) is 5.81. The first kappa shape index (κ1) is 18.6. The minimum Gasteiger partial charge on any atom is -0.355 e. The van der Waals surface area contributed by atoms with Crippen LogP contribution in [0.5, 0.6) is 0 Å². The van der Waals surface area contributed by atoms with Crippen LogP contribution in [0.4, 0.5) is 5.69 Å². The largest absolute Gasteiger partial charge is 0.355 e. The van der Waals surface area contributed by atoms with Crippen LogP contribution in [0.2, 0.25) is 0 Å². The Balaban J connectivity index is 2.62. The Morgan fingerprint density at radius 2 is 1.91 bits per heavy atom. The number of hydrogen-bond acceptors (Lipinski definition) is 3. The lowest BCUT2D eigenvalue weighted by atomic mass is 10.2. The van der Waals surface area contributed by atoms with E-state index >= 15 is 0 Å². The average Bonchev–Trinajstić information content (AvgIpc) is 2.40. The van der Waals surface area contributed by atoms with Gasteiger partial charge in [-0.05, 0) is 54.6 Å². The van der Waals surface area contributed by atoms with Gasteiger partial charge < -0.3 is 15.1 Å². The third-order valence-corrected chi connectivity index (χ3v) is 3.85. The SMILES string of the molecule is CC(=O)N(CCC(=O)NCCN(C)C)c1ccc(C)cc1Br. The van der Waals surface area contributed by atoms with Gasteiger partial charge in [-0.1, -0.05) is 6.07 Å². The maximum atomic E-state index is 11.9. The zero-order valence-corrected chi connectivity index (χ0v) is 15.2. The van der Waals surface area contributed by atoms with E-state index in [-0.39, 0.29) is 18.2 Å². The van der Waals surface area contributed by atoms with Crippen molar-refractivity contribution >= 4 is 33.4 Å². The van der Waals surface area contributed by atoms with E-state index in [1.807, 2.05) is 44.1 Å². The van der Waals surface area contributed by atoms with Gasteiger partial charge in [0, 0.05) is 37.5 Å². The molecule has 0 atom stereocenters. The van der Waals surface area contributed by atoms with Crippen molar-refractivity contribution in [3.8, 4) is 0 Å². The number of anilines is 1. The van der Waals surface area contributed by atoms with Crippen molar-refractivity contribution in [2.24, 2.45) is 0 Å². The summed E-state index contributed by atoms with van der Waals surface area (Å²) in [5.74, 6) is -0.123. The molecule has 1 N–H and O–H groups in total. The molecule has 0 saturated heterocycles. The first-order chi connectivity index (χ1) is 10.3. The van der Waals surface area contributed by atoms with Gasteiger partial charge in [0.2, 0.25) is 11.8 Å². The molecule has 0 spiro atoms. The van der Waals surface area contributed by atoms with Crippen LogP contribution in [0.1, 0.15) is 18.9 Å². The minimum absolute atomic E-state index is 0.0451. The number of nitrogens with one attached hydrogen (secondary N) is 1. The fourth-order valence-electron chi connectivity index (χ4n) is 2.00. The Hall–Kier alpha value is -1.40. The van der Waals surface area contributed by atoms with Crippen LogP contribution >= 0.6 is 15.9 Å². The number of benzene rings is 1. The third-order valence-electron chi connectivity index (χ3n) is 3.22. The molecule has 2 amide bonds. The van der Waals surface area contributed by atoms with E-state index in [9.17, 15) is 9.59 Å². The molecule has 0 aliphatic rings. The van der Waals surface area contributed by atoms with E-state index in [1.54, 1.807) is 4.90 Å². The molecule has 5 nitrogen and oxygen atoms in total.